The number of esters is 1. The Kier molecular flexibility index (Phi) is 4.07. The van der Waals surface area contributed by atoms with E-state index in [-0.39, 0.29) is 5.82 Å². The zero-order valence-corrected chi connectivity index (χ0v) is 10.5. The zero-order chi connectivity index (χ0) is 10.7. The van der Waals surface area contributed by atoms with E-state index in [0.29, 0.717) is 20.9 Å². The summed E-state index contributed by atoms with van der Waals surface area (Å²) in [5, 5.41) is 0.357. The Morgan fingerprint density at radius 3 is 2.71 bits per heavy atom. The fraction of sp³-hybridized carbons (Fsp3) is 0.222. The molecule has 0 spiro atoms. The molecule has 1 aromatic rings. The molecule has 0 saturated carbocycles. The van der Waals surface area contributed by atoms with E-state index in [1.165, 1.54) is 19.2 Å². The first-order chi connectivity index (χ1) is 6.60. The van der Waals surface area contributed by atoms with Crippen LogP contribution in [0.2, 0.25) is 0 Å². The Morgan fingerprint density at radius 2 is 2.21 bits per heavy atom. The third-order valence-corrected chi connectivity index (χ3v) is 2.95. The highest BCUT2D eigenvalue weighted by Crippen LogP contribution is 2.23. The van der Waals surface area contributed by atoms with Crippen molar-refractivity contribution in [3.8, 4) is 0 Å². The number of alkyl halides is 1. The predicted octanol–water partition coefficient (Wildman–Crippen LogP) is 3.27. The van der Waals surface area contributed by atoms with Crippen LogP contribution in [0.5, 0.6) is 0 Å². The molecule has 0 unspecified atom stereocenters. The van der Waals surface area contributed by atoms with Gasteiger partial charge >= 0.3 is 5.97 Å². The van der Waals surface area contributed by atoms with Crippen molar-refractivity contribution < 1.29 is 13.9 Å². The first-order valence-corrected chi connectivity index (χ1v) is 5.63. The fourth-order valence-corrected chi connectivity index (χ4v) is 1.87. The van der Waals surface area contributed by atoms with Crippen molar-refractivity contribution in [1.82, 2.24) is 0 Å². The summed E-state index contributed by atoms with van der Waals surface area (Å²) >= 11 is 6.23. The van der Waals surface area contributed by atoms with E-state index >= 15 is 0 Å². The van der Waals surface area contributed by atoms with Crippen molar-refractivity contribution in [2.75, 3.05) is 7.11 Å². The number of carbonyl (C=O) groups excluding carboxylic acids is 1. The third-order valence-electron chi connectivity index (χ3n) is 1.69. The lowest BCUT2D eigenvalue weighted by Gasteiger charge is -2.05. The summed E-state index contributed by atoms with van der Waals surface area (Å²) in [6, 6.07) is 2.71. The van der Waals surface area contributed by atoms with E-state index in [0.717, 1.165) is 0 Å². The second-order valence-electron chi connectivity index (χ2n) is 2.55. The fourth-order valence-electron chi connectivity index (χ4n) is 0.963. The highest BCUT2D eigenvalue weighted by Gasteiger charge is 2.13. The molecule has 1 rings (SSSR count). The van der Waals surface area contributed by atoms with E-state index in [1.54, 1.807) is 0 Å². The van der Waals surface area contributed by atoms with Gasteiger partial charge in [0, 0.05) is 9.80 Å². The van der Waals surface area contributed by atoms with Crippen molar-refractivity contribution in [1.29, 1.82) is 0 Å². The second kappa shape index (κ2) is 4.89. The van der Waals surface area contributed by atoms with Gasteiger partial charge in [0.1, 0.15) is 5.82 Å². The van der Waals surface area contributed by atoms with Crippen LogP contribution in [0.3, 0.4) is 0 Å². The maximum atomic E-state index is 13.2. The lowest BCUT2D eigenvalue weighted by atomic mass is 10.1. The molecule has 14 heavy (non-hydrogen) atoms. The number of rotatable bonds is 2. The van der Waals surface area contributed by atoms with Gasteiger partial charge in [-0.15, -0.1) is 0 Å². The van der Waals surface area contributed by atoms with Gasteiger partial charge in [-0.1, -0.05) is 15.9 Å². The van der Waals surface area contributed by atoms with Crippen LogP contribution in [-0.4, -0.2) is 13.1 Å². The predicted molar refractivity (Wildman–Crippen MR) is 58.1 cm³/mol. The molecule has 0 aromatic heterocycles. The minimum absolute atomic E-state index is 0.323. The number of carbonyl (C=O) groups is 1. The Balaban J connectivity index is 3.24. The number of hydrogen-bond donors (Lipinski definition) is 0. The van der Waals surface area contributed by atoms with Crippen LogP contribution in [-0.2, 0) is 10.1 Å². The van der Waals surface area contributed by atoms with Crippen molar-refractivity contribution in [3.63, 3.8) is 0 Å². The quantitative estimate of drug-likeness (QED) is 0.616. The Morgan fingerprint density at radius 1 is 1.57 bits per heavy atom. The van der Waals surface area contributed by atoms with Crippen LogP contribution in [0.1, 0.15) is 15.9 Å². The summed E-state index contributed by atoms with van der Waals surface area (Å²) < 4.78 is 18.1. The van der Waals surface area contributed by atoms with Crippen LogP contribution in [0.4, 0.5) is 4.39 Å². The van der Waals surface area contributed by atoms with Crippen molar-refractivity contribution in [3.05, 3.63) is 33.5 Å². The maximum absolute atomic E-state index is 13.2. The lowest BCUT2D eigenvalue weighted by Crippen LogP contribution is -2.04. The number of halogens is 3. The smallest absolute Gasteiger partial charge is 0.339 e. The molecule has 0 aliphatic heterocycles. The SMILES string of the molecule is COC(=O)c1cc(CBr)c(F)cc1Br. The minimum atomic E-state index is -0.487. The number of methoxy groups -OCH3 is 1. The molecule has 76 valence electrons. The van der Waals surface area contributed by atoms with E-state index in [4.69, 9.17) is 0 Å². The molecule has 0 N–H and O–H groups in total. The molecule has 2 nitrogen and oxygen atoms in total. The van der Waals surface area contributed by atoms with Gasteiger partial charge < -0.3 is 4.74 Å². The Bertz CT molecular complexity index is 366. The zero-order valence-electron chi connectivity index (χ0n) is 7.31. The van der Waals surface area contributed by atoms with Gasteiger partial charge in [-0.2, -0.15) is 0 Å². The number of benzene rings is 1. The van der Waals surface area contributed by atoms with Gasteiger partial charge in [0.15, 0.2) is 0 Å². The third kappa shape index (κ3) is 2.33. The summed E-state index contributed by atoms with van der Waals surface area (Å²) in [5.41, 5.74) is 0.747. The normalized spacial score (nSPS) is 10.0. The van der Waals surface area contributed by atoms with Crippen LogP contribution in [0, 0.1) is 5.82 Å². The number of hydrogen-bond acceptors (Lipinski definition) is 2. The molecule has 0 radical (unpaired) electrons. The molecule has 5 heteroatoms. The molecule has 0 amide bonds. The van der Waals surface area contributed by atoms with Crippen molar-refractivity contribution in [2.45, 2.75) is 5.33 Å². The highest BCUT2D eigenvalue weighted by atomic mass is 79.9. The topological polar surface area (TPSA) is 26.3 Å². The van der Waals surface area contributed by atoms with E-state index in [1.807, 2.05) is 0 Å². The van der Waals surface area contributed by atoms with Gasteiger partial charge in [-0.3, -0.25) is 0 Å². The van der Waals surface area contributed by atoms with E-state index in [9.17, 15) is 9.18 Å². The second-order valence-corrected chi connectivity index (χ2v) is 3.96. The first-order valence-electron chi connectivity index (χ1n) is 3.72. The maximum Gasteiger partial charge on any atom is 0.339 e. The molecule has 0 heterocycles. The largest absolute Gasteiger partial charge is 0.465 e. The average molecular weight is 326 g/mol. The first kappa shape index (κ1) is 11.7. The Hall–Kier alpha value is -0.420. The molecule has 0 aliphatic carbocycles. The molecule has 0 saturated heterocycles. The highest BCUT2D eigenvalue weighted by molar-refractivity contribution is 9.10. The molecule has 1 aromatic carbocycles. The van der Waals surface area contributed by atoms with Gasteiger partial charge in [0.05, 0.1) is 12.7 Å². The monoisotopic (exact) mass is 324 g/mol. The molecule has 0 aliphatic rings. The molecular weight excluding hydrogens is 319 g/mol. The molecular formula is C9H7Br2FO2. The summed E-state index contributed by atoms with van der Waals surface area (Å²) in [6.45, 7) is 0. The summed E-state index contributed by atoms with van der Waals surface area (Å²) in [5.74, 6) is -0.847. The molecule has 0 atom stereocenters. The van der Waals surface area contributed by atoms with E-state index in [2.05, 4.69) is 36.6 Å². The molecule has 0 bridgehead atoms. The van der Waals surface area contributed by atoms with Crippen molar-refractivity contribution >= 4 is 37.8 Å². The van der Waals surface area contributed by atoms with E-state index < -0.39 is 5.97 Å². The van der Waals surface area contributed by atoms with Gasteiger partial charge in [-0.05, 0) is 33.6 Å². The molecule has 0 fully saturated rings. The van der Waals surface area contributed by atoms with Crippen molar-refractivity contribution in [2.24, 2.45) is 0 Å². The van der Waals surface area contributed by atoms with Gasteiger partial charge in [0.2, 0.25) is 0 Å². The summed E-state index contributed by atoms with van der Waals surface area (Å²) in [4.78, 5) is 11.2. The standard InChI is InChI=1S/C9H7Br2FO2/c1-14-9(13)6-2-5(4-10)8(12)3-7(6)11/h2-3H,4H2,1H3. The lowest BCUT2D eigenvalue weighted by molar-refractivity contribution is 0.0599. The van der Waals surface area contributed by atoms with Crippen LogP contribution in [0.15, 0.2) is 16.6 Å². The Labute approximate surface area is 97.7 Å². The summed E-state index contributed by atoms with van der Waals surface area (Å²) in [7, 11) is 1.28. The number of ether oxygens (including phenoxy) is 1. The van der Waals surface area contributed by atoms with Crippen LogP contribution in [0.25, 0.3) is 0 Å². The summed E-state index contributed by atoms with van der Waals surface area (Å²) in [6.07, 6.45) is 0. The van der Waals surface area contributed by atoms with Gasteiger partial charge in [-0.25, -0.2) is 9.18 Å². The minimum Gasteiger partial charge on any atom is -0.465 e. The van der Waals surface area contributed by atoms with Gasteiger partial charge in [0.25, 0.3) is 0 Å². The van der Waals surface area contributed by atoms with Crippen LogP contribution >= 0.6 is 31.9 Å². The van der Waals surface area contributed by atoms with Crippen LogP contribution < -0.4 is 0 Å². The average Bonchev–Trinajstić information content (AvgIpc) is 2.17.